The van der Waals surface area contributed by atoms with Crippen molar-refractivity contribution in [2.45, 2.75) is 58.8 Å². The number of aromatic nitrogens is 3. The van der Waals surface area contributed by atoms with Crippen LogP contribution in [-0.2, 0) is 35.5 Å². The van der Waals surface area contributed by atoms with Crippen LogP contribution in [0.4, 0.5) is 5.69 Å². The largest absolute Gasteiger partial charge is 0.370 e. The smallest absolute Gasteiger partial charge is 0.272 e. The van der Waals surface area contributed by atoms with Gasteiger partial charge in [0.15, 0.2) is 0 Å². The predicted molar refractivity (Wildman–Crippen MR) is 131 cm³/mol. The van der Waals surface area contributed by atoms with E-state index in [1.165, 1.54) is 15.9 Å². The van der Waals surface area contributed by atoms with Crippen LogP contribution >= 0.6 is 11.3 Å². The fourth-order valence-electron chi connectivity index (χ4n) is 4.22. The molecule has 8 heteroatoms. The maximum absolute atomic E-state index is 13.5. The number of aryl methyl sites for hydroxylation is 1. The number of carbonyl (C=O) groups is 1. The lowest BCUT2D eigenvalue weighted by atomic mass is 9.95. The SMILES string of the molecule is CCCc1nc2c(sc3nc4c(cc32)COC(C)(C)C4)c(=O)n1CC(=O)Nc1ccccc1. The topological polar surface area (TPSA) is 86.1 Å². The Morgan fingerprint density at radius 3 is 2.79 bits per heavy atom. The summed E-state index contributed by atoms with van der Waals surface area (Å²) in [5.41, 5.74) is 2.99. The van der Waals surface area contributed by atoms with Crippen molar-refractivity contribution < 1.29 is 9.53 Å². The summed E-state index contributed by atoms with van der Waals surface area (Å²) < 4.78 is 8.00. The monoisotopic (exact) mass is 462 g/mol. The van der Waals surface area contributed by atoms with E-state index in [1.807, 2.05) is 37.3 Å². The predicted octanol–water partition coefficient (Wildman–Crippen LogP) is 4.45. The molecule has 0 saturated heterocycles. The summed E-state index contributed by atoms with van der Waals surface area (Å²) in [6.45, 7) is 6.58. The minimum atomic E-state index is -0.254. The average molecular weight is 463 g/mol. The number of fused-ring (bicyclic) bond motifs is 4. The van der Waals surface area contributed by atoms with E-state index in [0.29, 0.717) is 34.8 Å². The molecule has 1 amide bonds. The molecular weight excluding hydrogens is 436 g/mol. The quantitative estimate of drug-likeness (QED) is 0.474. The number of anilines is 1. The molecular formula is C25H26N4O3S. The van der Waals surface area contributed by atoms with Gasteiger partial charge < -0.3 is 10.1 Å². The molecule has 0 spiro atoms. The van der Waals surface area contributed by atoms with Crippen LogP contribution < -0.4 is 10.9 Å². The molecule has 1 N–H and O–H groups in total. The molecule has 1 aromatic carbocycles. The van der Waals surface area contributed by atoms with Gasteiger partial charge in [-0.15, -0.1) is 11.3 Å². The molecule has 0 aliphatic carbocycles. The molecule has 33 heavy (non-hydrogen) atoms. The summed E-state index contributed by atoms with van der Waals surface area (Å²) in [5.74, 6) is 0.365. The van der Waals surface area contributed by atoms with Crippen molar-refractivity contribution >= 4 is 43.4 Å². The zero-order chi connectivity index (χ0) is 23.2. The number of carbonyl (C=O) groups excluding carboxylic acids is 1. The van der Waals surface area contributed by atoms with Crippen LogP contribution in [0.3, 0.4) is 0 Å². The Bertz CT molecular complexity index is 1420. The van der Waals surface area contributed by atoms with Crippen LogP contribution in [0, 0.1) is 0 Å². The van der Waals surface area contributed by atoms with Crippen LogP contribution in [0.1, 0.15) is 44.3 Å². The lowest BCUT2D eigenvalue weighted by molar-refractivity contribution is -0.116. The molecule has 5 rings (SSSR count). The number of hydrogen-bond acceptors (Lipinski definition) is 6. The van der Waals surface area contributed by atoms with Gasteiger partial charge in [0.2, 0.25) is 5.91 Å². The van der Waals surface area contributed by atoms with Gasteiger partial charge >= 0.3 is 0 Å². The van der Waals surface area contributed by atoms with Gasteiger partial charge in [-0.1, -0.05) is 25.1 Å². The van der Waals surface area contributed by atoms with Crippen LogP contribution in [0.15, 0.2) is 41.2 Å². The molecule has 3 aromatic heterocycles. The van der Waals surface area contributed by atoms with E-state index in [0.717, 1.165) is 34.3 Å². The van der Waals surface area contributed by atoms with Crippen molar-refractivity contribution in [2.75, 3.05) is 5.32 Å². The minimum Gasteiger partial charge on any atom is -0.370 e. The second-order valence-corrected chi connectivity index (χ2v) is 10.0. The first-order valence-corrected chi connectivity index (χ1v) is 12.0. The number of rotatable bonds is 5. The number of benzene rings is 1. The van der Waals surface area contributed by atoms with Gasteiger partial charge in [0.1, 0.15) is 21.9 Å². The summed E-state index contributed by atoms with van der Waals surface area (Å²) in [5, 5.41) is 3.74. The van der Waals surface area contributed by atoms with E-state index in [9.17, 15) is 9.59 Å². The van der Waals surface area contributed by atoms with E-state index in [4.69, 9.17) is 14.7 Å². The lowest BCUT2D eigenvalue weighted by Gasteiger charge is -2.30. The van der Waals surface area contributed by atoms with Crippen molar-refractivity contribution in [1.29, 1.82) is 0 Å². The Kier molecular flexibility index (Phi) is 5.50. The normalized spacial score (nSPS) is 15.0. The molecule has 7 nitrogen and oxygen atoms in total. The fourth-order valence-corrected chi connectivity index (χ4v) is 5.29. The van der Waals surface area contributed by atoms with Crippen molar-refractivity contribution in [3.05, 3.63) is 63.8 Å². The van der Waals surface area contributed by atoms with E-state index in [1.54, 1.807) is 0 Å². The highest BCUT2D eigenvalue weighted by molar-refractivity contribution is 7.25. The van der Waals surface area contributed by atoms with Crippen molar-refractivity contribution in [3.63, 3.8) is 0 Å². The molecule has 0 unspecified atom stereocenters. The van der Waals surface area contributed by atoms with Crippen molar-refractivity contribution in [3.8, 4) is 0 Å². The van der Waals surface area contributed by atoms with Gasteiger partial charge in [0, 0.05) is 29.5 Å². The standard InChI is InChI=1S/C25H26N4O3S/c1-4-8-19-28-21-17-11-15-14-32-25(2,3)12-18(15)27-23(17)33-22(21)24(31)29(19)13-20(30)26-16-9-6-5-7-10-16/h5-7,9-11H,4,8,12-14H2,1-3H3,(H,26,30). The van der Waals surface area contributed by atoms with Crippen molar-refractivity contribution in [2.24, 2.45) is 0 Å². The summed E-state index contributed by atoms with van der Waals surface area (Å²) in [6.07, 6.45) is 2.15. The molecule has 0 saturated carbocycles. The molecule has 0 bridgehead atoms. The second-order valence-electron chi connectivity index (χ2n) is 9.04. The van der Waals surface area contributed by atoms with Crippen molar-refractivity contribution in [1.82, 2.24) is 14.5 Å². The summed E-state index contributed by atoms with van der Waals surface area (Å²) in [6, 6.07) is 11.3. The van der Waals surface area contributed by atoms with Crippen LogP contribution in [0.5, 0.6) is 0 Å². The first kappa shape index (κ1) is 21.7. The number of nitrogens with zero attached hydrogens (tertiary/aromatic N) is 3. The highest BCUT2D eigenvalue weighted by Crippen LogP contribution is 2.34. The number of thiophene rings is 1. The van der Waals surface area contributed by atoms with Gasteiger partial charge in [-0.25, -0.2) is 9.97 Å². The Morgan fingerprint density at radius 1 is 1.24 bits per heavy atom. The maximum atomic E-state index is 13.5. The Labute approximate surface area is 195 Å². The number of nitrogens with one attached hydrogen (secondary N) is 1. The Balaban J connectivity index is 1.59. The first-order valence-electron chi connectivity index (χ1n) is 11.2. The fraction of sp³-hybridized carbons (Fsp3) is 0.360. The maximum Gasteiger partial charge on any atom is 0.272 e. The minimum absolute atomic E-state index is 0.0772. The number of hydrogen-bond donors (Lipinski definition) is 1. The Morgan fingerprint density at radius 2 is 2.03 bits per heavy atom. The molecule has 4 heterocycles. The van der Waals surface area contributed by atoms with E-state index < -0.39 is 0 Å². The third-order valence-electron chi connectivity index (χ3n) is 5.86. The number of amides is 1. The van der Waals surface area contributed by atoms with Gasteiger partial charge in [0.25, 0.3) is 5.56 Å². The molecule has 0 atom stereocenters. The highest BCUT2D eigenvalue weighted by Gasteiger charge is 2.28. The average Bonchev–Trinajstić information content (AvgIpc) is 3.12. The number of ether oxygens (including phenoxy) is 1. The zero-order valence-corrected chi connectivity index (χ0v) is 19.8. The second kappa shape index (κ2) is 8.35. The molecule has 4 aromatic rings. The number of pyridine rings is 1. The molecule has 0 fully saturated rings. The summed E-state index contributed by atoms with van der Waals surface area (Å²) >= 11 is 1.35. The van der Waals surface area contributed by atoms with Gasteiger partial charge in [-0.2, -0.15) is 0 Å². The van der Waals surface area contributed by atoms with E-state index >= 15 is 0 Å². The van der Waals surface area contributed by atoms with Gasteiger partial charge in [-0.05, 0) is 38.5 Å². The summed E-state index contributed by atoms with van der Waals surface area (Å²) in [7, 11) is 0. The molecule has 170 valence electrons. The zero-order valence-electron chi connectivity index (χ0n) is 19.0. The molecule has 1 aliphatic heterocycles. The highest BCUT2D eigenvalue weighted by atomic mass is 32.1. The first-order chi connectivity index (χ1) is 15.8. The number of para-hydroxylation sites is 1. The third kappa shape index (κ3) is 4.16. The van der Waals surface area contributed by atoms with Crippen LogP contribution in [0.25, 0.3) is 20.4 Å². The van der Waals surface area contributed by atoms with Gasteiger partial charge in [0.05, 0.1) is 23.4 Å². The summed E-state index contributed by atoms with van der Waals surface area (Å²) in [4.78, 5) is 36.8. The van der Waals surface area contributed by atoms with Gasteiger partial charge in [-0.3, -0.25) is 14.2 Å². The third-order valence-corrected chi connectivity index (χ3v) is 6.94. The van der Waals surface area contributed by atoms with Crippen LogP contribution in [-0.4, -0.2) is 26.0 Å². The lowest BCUT2D eigenvalue weighted by Crippen LogP contribution is -2.32. The molecule has 0 radical (unpaired) electrons. The Hall–Kier alpha value is -3.10. The van der Waals surface area contributed by atoms with Crippen LogP contribution in [0.2, 0.25) is 0 Å². The molecule has 1 aliphatic rings. The van der Waals surface area contributed by atoms with E-state index in [2.05, 4.69) is 25.2 Å². The van der Waals surface area contributed by atoms with E-state index in [-0.39, 0.29) is 23.6 Å².